The Hall–Kier alpha value is -2.66. The summed E-state index contributed by atoms with van der Waals surface area (Å²) in [6.07, 6.45) is 0. The van der Waals surface area contributed by atoms with E-state index in [9.17, 15) is 17.6 Å². The minimum absolute atomic E-state index is 0.0289. The number of nitrogens with one attached hydrogen (secondary N) is 1. The van der Waals surface area contributed by atoms with Crippen LogP contribution in [0.4, 0.5) is 9.52 Å². The predicted octanol–water partition coefficient (Wildman–Crippen LogP) is 3.84. The molecule has 1 aliphatic heterocycles. The van der Waals surface area contributed by atoms with Crippen molar-refractivity contribution < 1.29 is 22.3 Å². The van der Waals surface area contributed by atoms with E-state index in [1.807, 2.05) is 37.4 Å². The second-order valence-corrected chi connectivity index (χ2v) is 10.2. The van der Waals surface area contributed by atoms with Gasteiger partial charge in [-0.3, -0.25) is 10.1 Å². The molecule has 1 saturated heterocycles. The first kappa shape index (κ1) is 22.5. The van der Waals surface area contributed by atoms with Gasteiger partial charge in [0.1, 0.15) is 10.7 Å². The minimum atomic E-state index is -4.08. The Labute approximate surface area is 189 Å². The number of ether oxygens (including phenoxy) is 1. The summed E-state index contributed by atoms with van der Waals surface area (Å²) < 4.78 is 46.4. The van der Waals surface area contributed by atoms with Crippen LogP contribution in [-0.4, -0.2) is 49.9 Å². The van der Waals surface area contributed by atoms with Crippen molar-refractivity contribution in [3.8, 4) is 11.3 Å². The predicted molar refractivity (Wildman–Crippen MR) is 121 cm³/mol. The van der Waals surface area contributed by atoms with Crippen LogP contribution in [0.25, 0.3) is 11.3 Å². The zero-order valence-electron chi connectivity index (χ0n) is 17.6. The highest BCUT2D eigenvalue weighted by Crippen LogP contribution is 2.27. The van der Waals surface area contributed by atoms with Crippen molar-refractivity contribution in [2.45, 2.75) is 18.7 Å². The number of nitrogens with zero attached hydrogens (tertiary/aromatic N) is 2. The molecule has 1 amide bonds. The van der Waals surface area contributed by atoms with Gasteiger partial charge in [-0.1, -0.05) is 12.1 Å². The summed E-state index contributed by atoms with van der Waals surface area (Å²) in [6, 6.07) is 9.31. The molecule has 1 N–H and O–H groups in total. The van der Waals surface area contributed by atoms with Crippen LogP contribution in [0, 0.1) is 19.7 Å². The molecule has 3 aromatic rings. The first-order valence-corrected chi connectivity index (χ1v) is 12.3. The van der Waals surface area contributed by atoms with Crippen LogP contribution in [0.15, 0.2) is 46.7 Å². The highest BCUT2D eigenvalue weighted by molar-refractivity contribution is 7.89. The molecular formula is C22H22FN3O4S2. The average molecular weight is 476 g/mol. The van der Waals surface area contributed by atoms with Crippen LogP contribution in [0.5, 0.6) is 0 Å². The number of carbonyl (C=O) groups is 1. The molecule has 1 aromatic heterocycles. The number of benzene rings is 2. The van der Waals surface area contributed by atoms with Gasteiger partial charge < -0.3 is 4.74 Å². The van der Waals surface area contributed by atoms with Crippen molar-refractivity contribution in [2.75, 3.05) is 31.6 Å². The fraction of sp³-hybridized carbons (Fsp3) is 0.273. The van der Waals surface area contributed by atoms with Gasteiger partial charge >= 0.3 is 0 Å². The third kappa shape index (κ3) is 4.58. The van der Waals surface area contributed by atoms with Crippen LogP contribution in [0.1, 0.15) is 21.5 Å². The van der Waals surface area contributed by atoms with Gasteiger partial charge in [0.15, 0.2) is 5.13 Å². The van der Waals surface area contributed by atoms with Crippen molar-refractivity contribution in [1.29, 1.82) is 0 Å². The van der Waals surface area contributed by atoms with E-state index in [1.54, 1.807) is 0 Å². The number of carbonyl (C=O) groups excluding carboxylic acids is 1. The maximum Gasteiger partial charge on any atom is 0.257 e. The lowest BCUT2D eigenvalue weighted by Gasteiger charge is -2.26. The second kappa shape index (κ2) is 9.07. The van der Waals surface area contributed by atoms with E-state index in [2.05, 4.69) is 10.3 Å². The molecule has 0 aliphatic carbocycles. The number of amides is 1. The fourth-order valence-corrected chi connectivity index (χ4v) is 5.52. The second-order valence-electron chi connectivity index (χ2n) is 7.45. The van der Waals surface area contributed by atoms with Crippen LogP contribution in [-0.2, 0) is 14.8 Å². The topological polar surface area (TPSA) is 88.6 Å². The Morgan fingerprint density at radius 3 is 2.59 bits per heavy atom. The van der Waals surface area contributed by atoms with Crippen LogP contribution >= 0.6 is 11.3 Å². The van der Waals surface area contributed by atoms with E-state index >= 15 is 0 Å². The SMILES string of the molecule is Cc1ccc(-c2csc(NC(=O)c3ccc(F)c(S(=O)(=O)N4CCOCC4)c3)n2)cc1C. The number of sulfonamides is 1. The van der Waals surface area contributed by atoms with Crippen molar-refractivity contribution in [3.63, 3.8) is 0 Å². The molecule has 32 heavy (non-hydrogen) atoms. The van der Waals surface area contributed by atoms with Gasteiger partial charge in [-0.15, -0.1) is 11.3 Å². The third-order valence-electron chi connectivity index (χ3n) is 5.31. The molecule has 7 nitrogen and oxygen atoms in total. The molecule has 2 aromatic carbocycles. The summed E-state index contributed by atoms with van der Waals surface area (Å²) in [4.78, 5) is 16.7. The van der Waals surface area contributed by atoms with Crippen LogP contribution < -0.4 is 5.32 Å². The Morgan fingerprint density at radius 1 is 1.12 bits per heavy atom. The molecule has 0 atom stereocenters. The lowest BCUT2D eigenvalue weighted by Crippen LogP contribution is -2.41. The Balaban J connectivity index is 1.55. The number of hydrogen-bond acceptors (Lipinski definition) is 6. The number of halogens is 1. The molecule has 0 spiro atoms. The fourth-order valence-electron chi connectivity index (χ4n) is 3.30. The van der Waals surface area contributed by atoms with Crippen molar-refractivity contribution in [1.82, 2.24) is 9.29 Å². The first-order valence-electron chi connectivity index (χ1n) is 9.97. The Morgan fingerprint density at radius 2 is 1.88 bits per heavy atom. The summed E-state index contributed by atoms with van der Waals surface area (Å²) in [5, 5.41) is 4.87. The highest BCUT2D eigenvalue weighted by Gasteiger charge is 2.30. The lowest BCUT2D eigenvalue weighted by atomic mass is 10.1. The average Bonchev–Trinajstić information content (AvgIpc) is 3.25. The number of aryl methyl sites for hydroxylation is 2. The summed E-state index contributed by atoms with van der Waals surface area (Å²) in [6.45, 7) is 4.81. The van der Waals surface area contributed by atoms with E-state index in [-0.39, 0.29) is 31.9 Å². The molecule has 1 fully saturated rings. The first-order chi connectivity index (χ1) is 15.3. The zero-order chi connectivity index (χ0) is 22.9. The summed E-state index contributed by atoms with van der Waals surface area (Å²) in [5.41, 5.74) is 4.01. The standard InChI is InChI=1S/C22H22FN3O4S2/c1-14-3-4-16(11-15(14)2)19-13-31-22(24-19)25-21(27)17-5-6-18(23)20(12-17)32(28,29)26-7-9-30-10-8-26/h3-6,11-13H,7-10H2,1-2H3,(H,24,25,27). The maximum absolute atomic E-state index is 14.4. The quantitative estimate of drug-likeness (QED) is 0.606. The molecule has 10 heteroatoms. The molecule has 0 bridgehead atoms. The number of morpholine rings is 1. The van der Waals surface area contributed by atoms with Gasteiger partial charge in [-0.05, 0) is 49.2 Å². The molecule has 168 valence electrons. The number of rotatable bonds is 5. The van der Waals surface area contributed by atoms with Crippen molar-refractivity contribution in [2.24, 2.45) is 0 Å². The van der Waals surface area contributed by atoms with E-state index in [0.29, 0.717) is 5.13 Å². The maximum atomic E-state index is 14.4. The molecule has 4 rings (SSSR count). The largest absolute Gasteiger partial charge is 0.379 e. The van der Waals surface area contributed by atoms with Gasteiger partial charge in [0.2, 0.25) is 10.0 Å². The normalized spacial score (nSPS) is 15.0. The van der Waals surface area contributed by atoms with E-state index in [4.69, 9.17) is 4.74 Å². The van der Waals surface area contributed by atoms with E-state index < -0.39 is 26.6 Å². The lowest BCUT2D eigenvalue weighted by molar-refractivity contribution is 0.0729. The van der Waals surface area contributed by atoms with Gasteiger partial charge in [0.05, 0.1) is 18.9 Å². The number of hydrogen-bond donors (Lipinski definition) is 1. The van der Waals surface area contributed by atoms with E-state index in [1.165, 1.54) is 23.0 Å². The van der Waals surface area contributed by atoms with Crippen LogP contribution in [0.3, 0.4) is 0 Å². The van der Waals surface area contributed by atoms with Gasteiger partial charge in [0, 0.05) is 29.6 Å². The molecule has 0 unspecified atom stereocenters. The van der Waals surface area contributed by atoms with Crippen molar-refractivity contribution >= 4 is 32.4 Å². The van der Waals surface area contributed by atoms with E-state index in [0.717, 1.165) is 33.3 Å². The minimum Gasteiger partial charge on any atom is -0.379 e. The molecule has 2 heterocycles. The van der Waals surface area contributed by atoms with Crippen LogP contribution in [0.2, 0.25) is 0 Å². The molecule has 1 aliphatic rings. The molecule has 0 radical (unpaired) electrons. The number of anilines is 1. The molecular weight excluding hydrogens is 453 g/mol. The summed E-state index contributed by atoms with van der Waals surface area (Å²) in [5.74, 6) is -1.47. The van der Waals surface area contributed by atoms with Gasteiger partial charge in [0.25, 0.3) is 5.91 Å². The third-order valence-corrected chi connectivity index (χ3v) is 7.98. The number of aromatic nitrogens is 1. The zero-order valence-corrected chi connectivity index (χ0v) is 19.2. The molecule has 0 saturated carbocycles. The smallest absolute Gasteiger partial charge is 0.257 e. The Bertz CT molecular complexity index is 1270. The summed E-state index contributed by atoms with van der Waals surface area (Å²) >= 11 is 1.26. The Kier molecular flexibility index (Phi) is 6.38. The van der Waals surface area contributed by atoms with Crippen molar-refractivity contribution in [3.05, 3.63) is 64.3 Å². The highest BCUT2D eigenvalue weighted by atomic mass is 32.2. The number of thiazole rings is 1. The van der Waals surface area contributed by atoms with Gasteiger partial charge in [-0.2, -0.15) is 4.31 Å². The van der Waals surface area contributed by atoms with Gasteiger partial charge in [-0.25, -0.2) is 17.8 Å². The summed E-state index contributed by atoms with van der Waals surface area (Å²) in [7, 11) is -4.08. The monoisotopic (exact) mass is 475 g/mol.